The number of carbonyl (C=O) groups is 3. The number of carbonyl (C=O) groups excluding carboxylic acids is 3. The number of rotatable bonds is 26. The van der Waals surface area contributed by atoms with E-state index in [1.54, 1.807) is 0 Å². The van der Waals surface area contributed by atoms with Crippen LogP contribution in [0.2, 0.25) is 0 Å². The number of esters is 3. The maximum absolute atomic E-state index is 15.9. The molecule has 8 rings (SSSR count). The zero-order valence-corrected chi connectivity index (χ0v) is 46.5. The van der Waals surface area contributed by atoms with Gasteiger partial charge in [-0.3, -0.25) is 9.59 Å². The van der Waals surface area contributed by atoms with Crippen molar-refractivity contribution in [3.05, 3.63) is 192 Å². The highest BCUT2D eigenvalue weighted by Gasteiger charge is 2.69. The van der Waals surface area contributed by atoms with Crippen LogP contribution >= 0.6 is 0 Å². The Bertz CT molecular complexity index is 2660. The van der Waals surface area contributed by atoms with E-state index >= 15 is 4.79 Å². The fourth-order valence-electron chi connectivity index (χ4n) is 11.5. The van der Waals surface area contributed by atoms with Crippen LogP contribution in [0, 0.1) is 17.8 Å². The molecule has 0 aromatic heterocycles. The molecular weight excluding hydrogens is 1020 g/mol. The van der Waals surface area contributed by atoms with E-state index in [-0.39, 0.29) is 64.0 Å². The summed E-state index contributed by atoms with van der Waals surface area (Å²) in [5.74, 6) is -2.44. The molecule has 0 amide bonds. The van der Waals surface area contributed by atoms with E-state index in [0.29, 0.717) is 6.42 Å². The van der Waals surface area contributed by atoms with Crippen molar-refractivity contribution in [1.29, 1.82) is 0 Å². The third-order valence-electron chi connectivity index (χ3n) is 15.1. The summed E-state index contributed by atoms with van der Waals surface area (Å²) in [5, 5.41) is 14.1. The maximum atomic E-state index is 15.9. The molecule has 3 fully saturated rings. The topological polar surface area (TPSA) is 173 Å². The van der Waals surface area contributed by atoms with E-state index in [1.807, 2.05) is 152 Å². The quantitative estimate of drug-likeness (QED) is 0.0315. The van der Waals surface area contributed by atoms with Crippen molar-refractivity contribution in [3.63, 3.8) is 0 Å². The predicted octanol–water partition coefficient (Wildman–Crippen LogP) is 9.84. The fourth-order valence-corrected chi connectivity index (χ4v) is 11.5. The zero-order chi connectivity index (χ0) is 56.4. The predicted molar refractivity (Wildman–Crippen MR) is 297 cm³/mol. The molecule has 15 heteroatoms. The minimum Gasteiger partial charge on any atom is -0.460 e. The Kier molecular flexibility index (Phi) is 22.2. The van der Waals surface area contributed by atoms with Gasteiger partial charge in [-0.1, -0.05) is 185 Å². The van der Waals surface area contributed by atoms with E-state index in [0.717, 1.165) is 40.7 Å². The molecule has 80 heavy (non-hydrogen) atoms. The lowest BCUT2D eigenvalue weighted by molar-refractivity contribution is -0.366. The van der Waals surface area contributed by atoms with Crippen LogP contribution in [0.25, 0.3) is 0 Å². The van der Waals surface area contributed by atoms with Gasteiger partial charge in [0.05, 0.1) is 46.2 Å². The summed E-state index contributed by atoms with van der Waals surface area (Å²) in [6.45, 7) is 12.6. The van der Waals surface area contributed by atoms with Crippen molar-refractivity contribution in [1.82, 2.24) is 0 Å². The van der Waals surface area contributed by atoms with Gasteiger partial charge < -0.3 is 57.2 Å². The number of aliphatic hydroxyl groups is 1. The Labute approximate surface area is 470 Å². The average Bonchev–Trinajstić information content (AvgIpc) is 3.62. The molecule has 1 aliphatic heterocycles. The lowest BCUT2D eigenvalue weighted by Crippen LogP contribution is -2.77. The molecule has 1 heterocycles. The lowest BCUT2D eigenvalue weighted by Gasteiger charge is -2.54. The third-order valence-corrected chi connectivity index (χ3v) is 15.1. The van der Waals surface area contributed by atoms with Gasteiger partial charge in [0.25, 0.3) is 0 Å². The molecule has 0 bridgehead atoms. The highest BCUT2D eigenvalue weighted by atomic mass is 16.7. The molecular formula is C65H78O15. The molecule has 1 N–H and O–H groups in total. The fraction of sp³-hybridized carbons (Fsp3) is 0.462. The van der Waals surface area contributed by atoms with Gasteiger partial charge in [-0.25, -0.2) is 4.79 Å². The molecule has 2 aliphatic carbocycles. The monoisotopic (exact) mass is 1100 g/mol. The highest BCUT2D eigenvalue weighted by molar-refractivity contribution is 5.82. The van der Waals surface area contributed by atoms with Gasteiger partial charge in [0.15, 0.2) is 18.5 Å². The maximum Gasteiger partial charge on any atom is 0.344 e. The number of benzene rings is 5. The molecule has 14 atom stereocenters. The molecule has 3 unspecified atom stereocenters. The first kappa shape index (κ1) is 60.0. The largest absolute Gasteiger partial charge is 0.460 e. The Morgan fingerprint density at radius 1 is 0.575 bits per heavy atom. The number of ether oxygens (including phenoxy) is 11. The smallest absolute Gasteiger partial charge is 0.344 e. The second-order valence-electron chi connectivity index (χ2n) is 21.3. The average molecular weight is 1100 g/mol. The van der Waals surface area contributed by atoms with Crippen LogP contribution in [0.3, 0.4) is 0 Å². The van der Waals surface area contributed by atoms with Crippen molar-refractivity contribution >= 4 is 17.9 Å². The van der Waals surface area contributed by atoms with Crippen LogP contribution < -0.4 is 0 Å². The van der Waals surface area contributed by atoms with E-state index in [4.69, 9.17) is 52.1 Å². The summed E-state index contributed by atoms with van der Waals surface area (Å²) in [6.07, 6.45) is -11.3. The first-order chi connectivity index (χ1) is 38.8. The third kappa shape index (κ3) is 15.7. The minimum absolute atomic E-state index is 0.0265. The zero-order valence-electron chi connectivity index (χ0n) is 46.5. The van der Waals surface area contributed by atoms with E-state index in [1.165, 1.54) is 19.9 Å². The normalized spacial score (nSPS) is 28.6. The Morgan fingerprint density at radius 3 is 1.48 bits per heavy atom. The van der Waals surface area contributed by atoms with Gasteiger partial charge in [-0.2, -0.15) is 0 Å². The molecule has 5 aromatic carbocycles. The number of hydrogen-bond donors (Lipinski definition) is 1. The van der Waals surface area contributed by atoms with Gasteiger partial charge in [-0.15, -0.1) is 6.58 Å². The summed E-state index contributed by atoms with van der Waals surface area (Å²) in [4.78, 5) is 43.3. The summed E-state index contributed by atoms with van der Waals surface area (Å²) < 4.78 is 73.9. The summed E-state index contributed by atoms with van der Waals surface area (Å²) in [6, 6.07) is 47.3. The Hall–Kier alpha value is -6.11. The van der Waals surface area contributed by atoms with Gasteiger partial charge in [-0.05, 0) is 52.5 Å². The molecule has 1 saturated heterocycles. The van der Waals surface area contributed by atoms with Crippen LogP contribution in [0.5, 0.6) is 0 Å². The van der Waals surface area contributed by atoms with Crippen molar-refractivity contribution in [3.8, 4) is 0 Å². The Morgan fingerprint density at radius 2 is 1.01 bits per heavy atom. The van der Waals surface area contributed by atoms with Crippen LogP contribution in [-0.4, -0.2) is 109 Å². The summed E-state index contributed by atoms with van der Waals surface area (Å²) in [7, 11) is 0. The van der Waals surface area contributed by atoms with Crippen molar-refractivity contribution in [2.24, 2.45) is 17.8 Å². The minimum atomic E-state index is -2.90. The lowest BCUT2D eigenvalue weighted by atomic mass is 9.71. The summed E-state index contributed by atoms with van der Waals surface area (Å²) >= 11 is 0. The van der Waals surface area contributed by atoms with Crippen molar-refractivity contribution < 1.29 is 71.6 Å². The molecule has 3 aliphatic rings. The van der Waals surface area contributed by atoms with Crippen molar-refractivity contribution in [2.75, 3.05) is 13.2 Å². The first-order valence-corrected chi connectivity index (χ1v) is 27.9. The van der Waals surface area contributed by atoms with Crippen LogP contribution in [0.4, 0.5) is 0 Å². The van der Waals surface area contributed by atoms with Gasteiger partial charge >= 0.3 is 17.9 Å². The van der Waals surface area contributed by atoms with E-state index < -0.39 is 90.8 Å². The van der Waals surface area contributed by atoms with Gasteiger partial charge in [0.2, 0.25) is 5.60 Å². The van der Waals surface area contributed by atoms with Gasteiger partial charge in [0.1, 0.15) is 48.8 Å². The van der Waals surface area contributed by atoms with E-state index in [9.17, 15) is 14.7 Å². The molecule has 15 nitrogen and oxygen atoms in total. The molecule has 2 saturated carbocycles. The SMILES string of the molecule is C=CCO[C@H]1[C@H](OCc2ccccc2)[C@@H](OCc2ccccc2)[C@H](OC(C)=O)[C@H](O[C@H]2O[C@H](COCc3ccccc3)[C@@H](OCc3ccccc3)[C@H](OCc3ccccc3)[C@@H]2OC(C)=O)[C@@]1(O)C(=O)OC1CCCC(C)C1C(C)C. The van der Waals surface area contributed by atoms with E-state index in [2.05, 4.69) is 27.4 Å². The molecule has 428 valence electrons. The van der Waals surface area contributed by atoms with Gasteiger partial charge in [0, 0.05) is 19.8 Å². The molecule has 0 spiro atoms. The Balaban J connectivity index is 1.29. The molecule has 5 aromatic rings. The highest BCUT2D eigenvalue weighted by Crippen LogP contribution is 2.45. The van der Waals surface area contributed by atoms with Crippen LogP contribution in [-0.2, 0) is 99.5 Å². The molecule has 0 radical (unpaired) electrons. The first-order valence-electron chi connectivity index (χ1n) is 27.9. The standard InChI is InChI=1S/C65H78O15/c1-7-36-71-61-58(75-41-51-33-21-12-22-34-51)57(74-40-50-31-19-11-20-32-50)59(76-45(5)66)62(65(61,69)64(68)79-52-35-23-24-44(4)54(52)43(2)3)80-63-60(77-46(6)67)56(73-39-49-29-17-10-18-30-49)55(72-38-48-27-15-9-16-28-48)53(78-63)42-70-37-47-25-13-8-14-26-47/h7-22,25-34,43-44,52-63,69H,1,23-24,35-42H2,2-6H3/t44?,52?,53-,54?,55-,56+,57-,58-,59+,60+,61+,62+,63-,65-/m1/s1. The second kappa shape index (κ2) is 29.6. The van der Waals surface area contributed by atoms with Crippen molar-refractivity contribution in [2.45, 2.75) is 160 Å². The van der Waals surface area contributed by atoms with Crippen LogP contribution in [0.1, 0.15) is 81.7 Å². The second-order valence-corrected chi connectivity index (χ2v) is 21.3. The summed E-state index contributed by atoms with van der Waals surface area (Å²) in [5.41, 5.74) is 1.16. The van der Waals surface area contributed by atoms with Crippen LogP contribution in [0.15, 0.2) is 164 Å². The number of hydrogen-bond acceptors (Lipinski definition) is 15.